The van der Waals surface area contributed by atoms with Crippen molar-refractivity contribution < 1.29 is 24.2 Å². The molecule has 2 aromatic rings. The van der Waals surface area contributed by atoms with Crippen LogP contribution in [-0.2, 0) is 9.53 Å². The predicted octanol–water partition coefficient (Wildman–Crippen LogP) is 4.31. The van der Waals surface area contributed by atoms with Crippen LogP contribution in [0.4, 0.5) is 0 Å². The highest BCUT2D eigenvalue weighted by Crippen LogP contribution is 2.36. The minimum Gasteiger partial charge on any atom is -0.508 e. The summed E-state index contributed by atoms with van der Waals surface area (Å²) in [6, 6.07) is 6.84. The lowest BCUT2D eigenvalue weighted by Crippen LogP contribution is -2.15. The van der Waals surface area contributed by atoms with E-state index in [9.17, 15) is 14.7 Å². The van der Waals surface area contributed by atoms with E-state index in [2.05, 4.69) is 0 Å². The number of nitrogens with two attached hydrogens (primary N) is 1. The van der Waals surface area contributed by atoms with Gasteiger partial charge in [-0.2, -0.15) is 0 Å². The third kappa shape index (κ3) is 5.52. The van der Waals surface area contributed by atoms with Crippen molar-refractivity contribution in [3.05, 3.63) is 57.1 Å². The Morgan fingerprint density at radius 1 is 1.18 bits per heavy atom. The third-order valence-electron chi connectivity index (χ3n) is 3.72. The molecule has 1 atom stereocenters. The Kier molecular flexibility index (Phi) is 9.04. The lowest BCUT2D eigenvalue weighted by Gasteiger charge is -2.13. The van der Waals surface area contributed by atoms with Crippen molar-refractivity contribution in [2.24, 2.45) is 5.73 Å². The van der Waals surface area contributed by atoms with Crippen LogP contribution in [-0.4, -0.2) is 30.1 Å². The summed E-state index contributed by atoms with van der Waals surface area (Å²) in [5, 5.41) is 9.85. The zero-order valence-electron chi connectivity index (χ0n) is 15.2. The van der Waals surface area contributed by atoms with Gasteiger partial charge in [-0.15, -0.1) is 12.4 Å². The van der Waals surface area contributed by atoms with Crippen molar-refractivity contribution in [3.8, 4) is 11.5 Å². The van der Waals surface area contributed by atoms with Gasteiger partial charge < -0.3 is 20.3 Å². The minimum atomic E-state index is -0.544. The maximum Gasteiger partial charge on any atom is 0.344 e. The third-order valence-corrected chi connectivity index (χ3v) is 4.59. The standard InChI is InChI=1S/C19H19Cl2NO5.ClH/c1-3-26-16(24)9-27-15-7-5-12(17(20)18(15)21)19(25)11-4-6-14(23)13(8-11)10(2)22;/h4-8,10,23H,3,9,22H2,1-2H3;1H. The molecule has 1 unspecified atom stereocenters. The number of ketones is 1. The smallest absolute Gasteiger partial charge is 0.344 e. The molecule has 0 aliphatic heterocycles. The van der Waals surface area contributed by atoms with E-state index in [1.165, 1.54) is 30.3 Å². The zero-order chi connectivity index (χ0) is 20.1. The summed E-state index contributed by atoms with van der Waals surface area (Å²) < 4.78 is 10.1. The summed E-state index contributed by atoms with van der Waals surface area (Å²) in [6.45, 7) is 3.29. The highest BCUT2D eigenvalue weighted by atomic mass is 35.5. The fraction of sp³-hybridized carbons (Fsp3) is 0.263. The van der Waals surface area contributed by atoms with E-state index >= 15 is 0 Å². The number of hydrogen-bond acceptors (Lipinski definition) is 6. The average molecular weight is 449 g/mol. The summed E-state index contributed by atoms with van der Waals surface area (Å²) in [7, 11) is 0. The lowest BCUT2D eigenvalue weighted by atomic mass is 9.98. The van der Waals surface area contributed by atoms with E-state index in [0.717, 1.165) is 0 Å². The van der Waals surface area contributed by atoms with Gasteiger partial charge in [0.15, 0.2) is 12.4 Å². The number of rotatable bonds is 7. The Morgan fingerprint density at radius 2 is 1.86 bits per heavy atom. The number of carbonyl (C=O) groups excluding carboxylic acids is 2. The largest absolute Gasteiger partial charge is 0.508 e. The van der Waals surface area contributed by atoms with Crippen LogP contribution in [0.25, 0.3) is 0 Å². The van der Waals surface area contributed by atoms with Crippen LogP contribution in [0, 0.1) is 0 Å². The van der Waals surface area contributed by atoms with Crippen molar-refractivity contribution in [1.82, 2.24) is 0 Å². The molecule has 0 radical (unpaired) electrons. The number of phenols is 1. The number of benzene rings is 2. The van der Waals surface area contributed by atoms with Crippen LogP contribution in [0.15, 0.2) is 30.3 Å². The van der Waals surface area contributed by atoms with E-state index in [4.69, 9.17) is 38.4 Å². The van der Waals surface area contributed by atoms with E-state index in [1.54, 1.807) is 13.8 Å². The zero-order valence-corrected chi connectivity index (χ0v) is 17.5. The second-order valence-electron chi connectivity index (χ2n) is 5.72. The quantitative estimate of drug-likeness (QED) is 0.483. The Bertz CT molecular complexity index is 871. The Balaban J connectivity index is 0.00000392. The SMILES string of the molecule is CCOC(=O)COc1ccc(C(=O)c2ccc(O)c(C(C)N)c2)c(Cl)c1Cl.Cl. The van der Waals surface area contributed by atoms with Gasteiger partial charge in [-0.3, -0.25) is 4.79 Å². The molecule has 0 aliphatic carbocycles. The molecule has 0 saturated heterocycles. The maximum atomic E-state index is 12.8. The van der Waals surface area contributed by atoms with Crippen molar-refractivity contribution in [3.63, 3.8) is 0 Å². The Labute approximate surface area is 178 Å². The van der Waals surface area contributed by atoms with Crippen LogP contribution in [0.2, 0.25) is 10.0 Å². The number of carbonyl (C=O) groups is 2. The molecule has 0 bridgehead atoms. The average Bonchev–Trinajstić information content (AvgIpc) is 2.63. The Morgan fingerprint density at radius 3 is 2.46 bits per heavy atom. The number of esters is 1. The molecule has 6 nitrogen and oxygen atoms in total. The number of phenolic OH excluding ortho intramolecular Hbond substituents is 1. The summed E-state index contributed by atoms with van der Waals surface area (Å²) in [5.41, 5.74) is 6.71. The molecule has 0 spiro atoms. The van der Waals surface area contributed by atoms with Gasteiger partial charge in [-0.05, 0) is 44.2 Å². The predicted molar refractivity (Wildman–Crippen MR) is 110 cm³/mol. The van der Waals surface area contributed by atoms with E-state index < -0.39 is 12.0 Å². The fourth-order valence-corrected chi connectivity index (χ4v) is 2.84. The van der Waals surface area contributed by atoms with Crippen LogP contribution < -0.4 is 10.5 Å². The van der Waals surface area contributed by atoms with Crippen LogP contribution in [0.1, 0.15) is 41.4 Å². The summed E-state index contributed by atoms with van der Waals surface area (Å²) in [6.07, 6.45) is 0. The fourth-order valence-electron chi connectivity index (χ4n) is 2.37. The van der Waals surface area contributed by atoms with Crippen molar-refractivity contribution in [2.75, 3.05) is 13.2 Å². The first-order valence-electron chi connectivity index (χ1n) is 8.15. The summed E-state index contributed by atoms with van der Waals surface area (Å²) in [5.74, 6) is -0.764. The van der Waals surface area contributed by atoms with Gasteiger partial charge in [0.25, 0.3) is 0 Å². The van der Waals surface area contributed by atoms with E-state index in [1.807, 2.05) is 0 Å². The molecular weight excluding hydrogens is 429 g/mol. The van der Waals surface area contributed by atoms with Crippen LogP contribution in [0.3, 0.4) is 0 Å². The molecule has 28 heavy (non-hydrogen) atoms. The topological polar surface area (TPSA) is 98.8 Å². The van der Waals surface area contributed by atoms with Crippen LogP contribution in [0.5, 0.6) is 11.5 Å². The maximum absolute atomic E-state index is 12.8. The highest BCUT2D eigenvalue weighted by Gasteiger charge is 2.20. The van der Waals surface area contributed by atoms with E-state index in [-0.39, 0.29) is 58.5 Å². The first kappa shape index (κ1) is 24.0. The van der Waals surface area contributed by atoms with Crippen molar-refractivity contribution in [1.29, 1.82) is 0 Å². The monoisotopic (exact) mass is 447 g/mol. The molecule has 9 heteroatoms. The molecule has 0 amide bonds. The van der Waals surface area contributed by atoms with Gasteiger partial charge in [0.05, 0.1) is 11.6 Å². The molecule has 3 N–H and O–H groups in total. The van der Waals surface area contributed by atoms with Gasteiger partial charge in [0.2, 0.25) is 0 Å². The molecular formula is C19H20Cl3NO5. The van der Waals surface area contributed by atoms with Crippen LogP contribution >= 0.6 is 35.6 Å². The Hall–Kier alpha value is -1.99. The molecule has 0 heterocycles. The van der Waals surface area contributed by atoms with Gasteiger partial charge >= 0.3 is 5.97 Å². The highest BCUT2D eigenvalue weighted by molar-refractivity contribution is 6.45. The first-order valence-corrected chi connectivity index (χ1v) is 8.91. The molecule has 2 rings (SSSR count). The lowest BCUT2D eigenvalue weighted by molar-refractivity contribution is -0.145. The number of hydrogen-bond donors (Lipinski definition) is 2. The van der Waals surface area contributed by atoms with Gasteiger partial charge in [0.1, 0.15) is 16.5 Å². The van der Waals surface area contributed by atoms with Crippen molar-refractivity contribution >= 4 is 47.4 Å². The molecule has 152 valence electrons. The second kappa shape index (κ2) is 10.5. The number of ether oxygens (including phenoxy) is 2. The number of aromatic hydroxyl groups is 1. The molecule has 0 aromatic heterocycles. The molecule has 2 aromatic carbocycles. The van der Waals surface area contributed by atoms with Crippen molar-refractivity contribution in [2.45, 2.75) is 19.9 Å². The molecule has 0 fully saturated rings. The summed E-state index contributed by atoms with van der Waals surface area (Å²) >= 11 is 12.4. The summed E-state index contributed by atoms with van der Waals surface area (Å²) in [4.78, 5) is 24.2. The van der Waals surface area contributed by atoms with Gasteiger partial charge in [-0.1, -0.05) is 23.2 Å². The van der Waals surface area contributed by atoms with E-state index in [0.29, 0.717) is 11.1 Å². The molecule has 0 saturated carbocycles. The second-order valence-corrected chi connectivity index (χ2v) is 6.48. The minimum absolute atomic E-state index is 0. The van der Waals surface area contributed by atoms with Gasteiger partial charge in [0, 0.05) is 22.7 Å². The molecule has 0 aliphatic rings. The first-order chi connectivity index (χ1) is 12.8. The van der Waals surface area contributed by atoms with Gasteiger partial charge in [-0.25, -0.2) is 4.79 Å². The normalized spacial score (nSPS) is 11.3. The number of halogens is 3.